The molecule has 0 aliphatic rings. The molecule has 0 saturated heterocycles. The molecule has 0 aromatic carbocycles. The molecule has 18 heavy (non-hydrogen) atoms. The van der Waals surface area contributed by atoms with Gasteiger partial charge in [0.2, 0.25) is 0 Å². The minimum atomic E-state index is -0.941. The summed E-state index contributed by atoms with van der Waals surface area (Å²) in [6, 6.07) is 3.46. The number of nitrogens with zero attached hydrogens (tertiary/aromatic N) is 1. The van der Waals surface area contributed by atoms with Crippen LogP contribution in [0.4, 0.5) is 5.82 Å². The van der Waals surface area contributed by atoms with E-state index in [1.165, 1.54) is 19.3 Å². The van der Waals surface area contributed by atoms with Crippen LogP contribution in [0.3, 0.4) is 0 Å². The van der Waals surface area contributed by atoms with Crippen molar-refractivity contribution >= 4 is 11.8 Å². The third kappa shape index (κ3) is 4.73. The Bertz CT molecular complexity index is 380. The van der Waals surface area contributed by atoms with Crippen LogP contribution in [0.1, 0.15) is 56.3 Å². The molecule has 0 bridgehead atoms. The maximum atomic E-state index is 11.0. The molecule has 0 saturated carbocycles. The fraction of sp³-hybridized carbons (Fsp3) is 0.571. The second kappa shape index (κ2) is 7.69. The van der Waals surface area contributed by atoms with Gasteiger partial charge in [0.15, 0.2) is 0 Å². The first kappa shape index (κ1) is 14.5. The molecule has 0 fully saturated rings. The van der Waals surface area contributed by atoms with Crippen molar-refractivity contribution in [3.8, 4) is 0 Å². The molecular formula is C14H22N2O2. The van der Waals surface area contributed by atoms with Gasteiger partial charge in [-0.15, -0.1) is 0 Å². The molecule has 2 N–H and O–H groups in total. The van der Waals surface area contributed by atoms with Crippen LogP contribution in [-0.2, 0) is 0 Å². The second-order valence-corrected chi connectivity index (χ2v) is 4.60. The van der Waals surface area contributed by atoms with Gasteiger partial charge < -0.3 is 10.4 Å². The summed E-state index contributed by atoms with van der Waals surface area (Å²) < 4.78 is 0. The Hall–Kier alpha value is -1.58. The van der Waals surface area contributed by atoms with Crippen LogP contribution in [0.5, 0.6) is 0 Å². The average molecular weight is 250 g/mol. The Kier molecular flexibility index (Phi) is 6.19. The van der Waals surface area contributed by atoms with E-state index in [2.05, 4.69) is 24.1 Å². The highest BCUT2D eigenvalue weighted by molar-refractivity contribution is 5.93. The molecule has 1 aromatic rings. The molecular weight excluding hydrogens is 228 g/mol. The molecule has 4 heteroatoms. The Balaban J connectivity index is 2.48. The fourth-order valence-corrected chi connectivity index (χ4v) is 1.88. The Morgan fingerprint density at radius 2 is 2.22 bits per heavy atom. The number of rotatable bonds is 8. The summed E-state index contributed by atoms with van der Waals surface area (Å²) in [6.45, 7) is 4.25. The molecule has 0 radical (unpaired) electrons. The van der Waals surface area contributed by atoms with Crippen molar-refractivity contribution in [1.29, 1.82) is 0 Å². The van der Waals surface area contributed by atoms with Gasteiger partial charge in [-0.1, -0.05) is 32.6 Å². The molecule has 0 aliphatic carbocycles. The molecule has 0 amide bonds. The number of hydrogen-bond donors (Lipinski definition) is 2. The zero-order valence-electron chi connectivity index (χ0n) is 11.1. The highest BCUT2D eigenvalue weighted by atomic mass is 16.4. The minimum Gasteiger partial charge on any atom is -0.478 e. The summed E-state index contributed by atoms with van der Waals surface area (Å²) in [5.74, 6) is -0.475. The summed E-state index contributed by atoms with van der Waals surface area (Å²) in [7, 11) is 0. The highest BCUT2D eigenvalue weighted by Gasteiger charge is 2.12. The van der Waals surface area contributed by atoms with Crippen molar-refractivity contribution in [3.05, 3.63) is 23.9 Å². The van der Waals surface area contributed by atoms with Crippen molar-refractivity contribution in [3.63, 3.8) is 0 Å². The largest absolute Gasteiger partial charge is 0.478 e. The smallest absolute Gasteiger partial charge is 0.339 e. The van der Waals surface area contributed by atoms with Crippen molar-refractivity contribution in [1.82, 2.24) is 4.98 Å². The lowest BCUT2D eigenvalue weighted by molar-refractivity contribution is 0.0697. The van der Waals surface area contributed by atoms with Crippen LogP contribution in [0, 0.1) is 0 Å². The van der Waals surface area contributed by atoms with Gasteiger partial charge in [0.1, 0.15) is 11.4 Å². The molecule has 1 atom stereocenters. The number of pyridine rings is 1. The second-order valence-electron chi connectivity index (χ2n) is 4.60. The standard InChI is InChI=1S/C14H22N2O2/c1-3-4-5-6-8-11(2)16-13-12(14(17)18)9-7-10-15-13/h7,9-11H,3-6,8H2,1-2H3,(H,15,16)(H,17,18). The van der Waals surface area contributed by atoms with E-state index in [0.717, 1.165) is 12.8 Å². The van der Waals surface area contributed by atoms with Gasteiger partial charge in [0.25, 0.3) is 0 Å². The van der Waals surface area contributed by atoms with Crippen molar-refractivity contribution in [2.75, 3.05) is 5.32 Å². The van der Waals surface area contributed by atoms with Gasteiger partial charge in [0, 0.05) is 12.2 Å². The number of carboxylic acid groups (broad SMARTS) is 1. The molecule has 1 aromatic heterocycles. The summed E-state index contributed by atoms with van der Waals surface area (Å²) in [6.07, 6.45) is 7.53. The minimum absolute atomic E-state index is 0.234. The van der Waals surface area contributed by atoms with Crippen LogP contribution < -0.4 is 5.32 Å². The zero-order valence-corrected chi connectivity index (χ0v) is 11.1. The molecule has 1 unspecified atom stereocenters. The number of anilines is 1. The number of nitrogens with one attached hydrogen (secondary N) is 1. The topological polar surface area (TPSA) is 62.2 Å². The first-order valence-corrected chi connectivity index (χ1v) is 6.60. The number of carboxylic acids is 1. The quantitative estimate of drug-likeness (QED) is 0.693. The lowest BCUT2D eigenvalue weighted by Gasteiger charge is -2.15. The summed E-state index contributed by atoms with van der Waals surface area (Å²) in [4.78, 5) is 15.1. The summed E-state index contributed by atoms with van der Waals surface area (Å²) in [5, 5.41) is 12.2. The normalized spacial score (nSPS) is 12.1. The van der Waals surface area contributed by atoms with Crippen molar-refractivity contribution in [2.24, 2.45) is 0 Å². The number of aromatic carboxylic acids is 1. The summed E-state index contributed by atoms with van der Waals surface area (Å²) in [5.41, 5.74) is 0.234. The Morgan fingerprint density at radius 1 is 1.44 bits per heavy atom. The lowest BCUT2D eigenvalue weighted by atomic mass is 10.1. The van der Waals surface area contributed by atoms with E-state index in [0.29, 0.717) is 5.82 Å². The number of aromatic nitrogens is 1. The predicted molar refractivity (Wildman–Crippen MR) is 73.0 cm³/mol. The van der Waals surface area contributed by atoms with Gasteiger partial charge in [-0.05, 0) is 25.5 Å². The van der Waals surface area contributed by atoms with E-state index in [4.69, 9.17) is 5.11 Å². The molecule has 1 rings (SSSR count). The van der Waals surface area contributed by atoms with E-state index < -0.39 is 5.97 Å². The van der Waals surface area contributed by atoms with E-state index >= 15 is 0 Å². The van der Waals surface area contributed by atoms with Gasteiger partial charge in [-0.2, -0.15) is 0 Å². The number of carbonyl (C=O) groups is 1. The molecule has 4 nitrogen and oxygen atoms in total. The van der Waals surface area contributed by atoms with Crippen LogP contribution >= 0.6 is 0 Å². The third-order valence-corrected chi connectivity index (χ3v) is 2.91. The van der Waals surface area contributed by atoms with Crippen LogP contribution in [-0.4, -0.2) is 22.1 Å². The predicted octanol–water partition coefficient (Wildman–Crippen LogP) is 3.55. The molecule has 1 heterocycles. The highest BCUT2D eigenvalue weighted by Crippen LogP contribution is 2.15. The Morgan fingerprint density at radius 3 is 2.89 bits per heavy atom. The molecule has 0 spiro atoms. The van der Waals surface area contributed by atoms with Gasteiger partial charge >= 0.3 is 5.97 Å². The molecule has 0 aliphatic heterocycles. The first-order valence-electron chi connectivity index (χ1n) is 6.60. The maximum Gasteiger partial charge on any atom is 0.339 e. The summed E-state index contributed by atoms with van der Waals surface area (Å²) >= 11 is 0. The van der Waals surface area contributed by atoms with Gasteiger partial charge in [0.05, 0.1) is 0 Å². The first-order chi connectivity index (χ1) is 8.65. The fourth-order valence-electron chi connectivity index (χ4n) is 1.88. The number of hydrogen-bond acceptors (Lipinski definition) is 3. The van der Waals surface area contributed by atoms with Crippen LogP contribution in [0.2, 0.25) is 0 Å². The molecule has 100 valence electrons. The van der Waals surface area contributed by atoms with E-state index in [9.17, 15) is 4.79 Å². The lowest BCUT2D eigenvalue weighted by Crippen LogP contribution is -2.18. The maximum absolute atomic E-state index is 11.0. The average Bonchev–Trinajstić information content (AvgIpc) is 2.35. The van der Waals surface area contributed by atoms with Crippen molar-refractivity contribution < 1.29 is 9.90 Å². The van der Waals surface area contributed by atoms with E-state index in [-0.39, 0.29) is 11.6 Å². The SMILES string of the molecule is CCCCCCC(C)Nc1ncccc1C(=O)O. The number of unbranched alkanes of at least 4 members (excludes halogenated alkanes) is 3. The van der Waals surface area contributed by atoms with Crippen LogP contribution in [0.25, 0.3) is 0 Å². The van der Waals surface area contributed by atoms with E-state index in [1.54, 1.807) is 18.3 Å². The van der Waals surface area contributed by atoms with Gasteiger partial charge in [-0.3, -0.25) is 0 Å². The van der Waals surface area contributed by atoms with Crippen molar-refractivity contribution in [2.45, 2.75) is 52.0 Å². The zero-order chi connectivity index (χ0) is 13.4. The van der Waals surface area contributed by atoms with E-state index in [1.807, 2.05) is 0 Å². The third-order valence-electron chi connectivity index (χ3n) is 2.91. The Labute approximate surface area is 108 Å². The van der Waals surface area contributed by atoms with Gasteiger partial charge in [-0.25, -0.2) is 9.78 Å². The monoisotopic (exact) mass is 250 g/mol. The van der Waals surface area contributed by atoms with Crippen LogP contribution in [0.15, 0.2) is 18.3 Å².